The molecule has 1 saturated heterocycles. The highest BCUT2D eigenvalue weighted by Crippen LogP contribution is 2.21. The molecule has 0 atom stereocenters. The standard InChI is InChI=1S/C18H20ClFN4O3/c19-14-2-1-3-15(20)13(14)12-22-8-10-23(11-9-22)18(27)16-4-6-24(21-16)7-5-17(25)26/h1-4,6H,5,7-12H2,(H,25,26). The molecule has 1 fully saturated rings. The van der Waals surface area contributed by atoms with E-state index in [1.54, 1.807) is 29.3 Å². The quantitative estimate of drug-likeness (QED) is 0.811. The van der Waals surface area contributed by atoms with Gasteiger partial charge in [-0.3, -0.25) is 19.2 Å². The van der Waals surface area contributed by atoms with Gasteiger partial charge in [0, 0.05) is 49.5 Å². The monoisotopic (exact) mass is 394 g/mol. The van der Waals surface area contributed by atoms with Gasteiger partial charge in [-0.15, -0.1) is 0 Å². The van der Waals surface area contributed by atoms with Gasteiger partial charge in [0.1, 0.15) is 11.5 Å². The number of carboxylic acids is 1. The molecule has 7 nitrogen and oxygen atoms in total. The lowest BCUT2D eigenvalue weighted by molar-refractivity contribution is -0.137. The van der Waals surface area contributed by atoms with Crippen LogP contribution in [0.5, 0.6) is 0 Å². The smallest absolute Gasteiger partial charge is 0.305 e. The van der Waals surface area contributed by atoms with Crippen molar-refractivity contribution >= 4 is 23.5 Å². The first-order valence-electron chi connectivity index (χ1n) is 8.64. The molecule has 0 aliphatic carbocycles. The fourth-order valence-corrected chi connectivity index (χ4v) is 3.21. The maximum Gasteiger partial charge on any atom is 0.305 e. The Kier molecular flexibility index (Phi) is 6.08. The number of carbonyl (C=O) groups is 2. The Balaban J connectivity index is 1.54. The van der Waals surface area contributed by atoms with Gasteiger partial charge >= 0.3 is 5.97 Å². The van der Waals surface area contributed by atoms with Gasteiger partial charge in [-0.25, -0.2) is 4.39 Å². The minimum Gasteiger partial charge on any atom is -0.481 e. The Labute approximate surface area is 160 Å². The highest BCUT2D eigenvalue weighted by atomic mass is 35.5. The summed E-state index contributed by atoms with van der Waals surface area (Å²) in [6, 6.07) is 6.23. The highest BCUT2D eigenvalue weighted by molar-refractivity contribution is 6.31. The van der Waals surface area contributed by atoms with Gasteiger partial charge in [0.25, 0.3) is 5.91 Å². The number of hydrogen-bond donors (Lipinski definition) is 1. The molecule has 2 aromatic rings. The van der Waals surface area contributed by atoms with E-state index in [-0.39, 0.29) is 24.7 Å². The molecule has 0 spiro atoms. The van der Waals surface area contributed by atoms with Crippen molar-refractivity contribution in [2.45, 2.75) is 19.5 Å². The maximum absolute atomic E-state index is 13.9. The van der Waals surface area contributed by atoms with Crippen molar-refractivity contribution in [3.63, 3.8) is 0 Å². The Morgan fingerprint density at radius 3 is 2.59 bits per heavy atom. The lowest BCUT2D eigenvalue weighted by Crippen LogP contribution is -2.48. The molecule has 9 heteroatoms. The summed E-state index contributed by atoms with van der Waals surface area (Å²) in [5, 5.41) is 13.3. The largest absolute Gasteiger partial charge is 0.481 e. The molecule has 144 valence electrons. The van der Waals surface area contributed by atoms with E-state index in [1.807, 2.05) is 0 Å². The SMILES string of the molecule is O=C(O)CCn1ccc(C(=O)N2CCN(Cc3c(F)cccc3Cl)CC2)n1. The van der Waals surface area contributed by atoms with Crippen molar-refractivity contribution < 1.29 is 19.1 Å². The minimum absolute atomic E-state index is 0.0490. The minimum atomic E-state index is -0.913. The van der Waals surface area contributed by atoms with Crippen LogP contribution in [-0.2, 0) is 17.9 Å². The predicted molar refractivity (Wildman–Crippen MR) is 97.1 cm³/mol. The van der Waals surface area contributed by atoms with Crippen LogP contribution in [0.15, 0.2) is 30.5 Å². The predicted octanol–water partition coefficient (Wildman–Crippen LogP) is 2.11. The number of benzene rings is 1. The first-order valence-corrected chi connectivity index (χ1v) is 9.01. The van der Waals surface area contributed by atoms with Crippen LogP contribution < -0.4 is 0 Å². The first kappa shape index (κ1) is 19.3. The zero-order valence-electron chi connectivity index (χ0n) is 14.6. The normalized spacial score (nSPS) is 15.1. The number of halogens is 2. The zero-order valence-corrected chi connectivity index (χ0v) is 15.4. The highest BCUT2D eigenvalue weighted by Gasteiger charge is 2.24. The molecular formula is C18H20ClFN4O3. The van der Waals surface area contributed by atoms with Crippen LogP contribution >= 0.6 is 11.6 Å². The Bertz CT molecular complexity index is 814. The first-order chi connectivity index (χ1) is 12.9. The van der Waals surface area contributed by atoms with E-state index in [9.17, 15) is 14.0 Å². The van der Waals surface area contributed by atoms with E-state index in [4.69, 9.17) is 16.7 Å². The van der Waals surface area contributed by atoms with E-state index in [2.05, 4.69) is 10.00 Å². The van der Waals surface area contributed by atoms with E-state index < -0.39 is 5.97 Å². The summed E-state index contributed by atoms with van der Waals surface area (Å²) in [6.07, 6.45) is 1.55. The molecule has 2 heterocycles. The number of amides is 1. The van der Waals surface area contributed by atoms with Gasteiger partial charge in [-0.05, 0) is 18.2 Å². The number of piperazine rings is 1. The van der Waals surface area contributed by atoms with Crippen molar-refractivity contribution in [2.24, 2.45) is 0 Å². The number of aromatic nitrogens is 2. The van der Waals surface area contributed by atoms with Gasteiger partial charge in [-0.1, -0.05) is 17.7 Å². The van der Waals surface area contributed by atoms with Crippen molar-refractivity contribution in [3.8, 4) is 0 Å². The van der Waals surface area contributed by atoms with Crippen molar-refractivity contribution in [2.75, 3.05) is 26.2 Å². The molecule has 1 aliphatic rings. The van der Waals surface area contributed by atoms with Gasteiger partial charge in [0.2, 0.25) is 0 Å². The van der Waals surface area contributed by atoms with Gasteiger partial charge in [0.15, 0.2) is 0 Å². The van der Waals surface area contributed by atoms with E-state index >= 15 is 0 Å². The number of aryl methyl sites for hydroxylation is 1. The molecule has 0 radical (unpaired) electrons. The molecule has 0 unspecified atom stereocenters. The van der Waals surface area contributed by atoms with Crippen LogP contribution in [0.3, 0.4) is 0 Å². The molecule has 1 aliphatic heterocycles. The number of hydrogen-bond acceptors (Lipinski definition) is 4. The van der Waals surface area contributed by atoms with Gasteiger partial charge in [-0.2, -0.15) is 5.10 Å². The fraction of sp³-hybridized carbons (Fsp3) is 0.389. The summed E-state index contributed by atoms with van der Waals surface area (Å²) in [7, 11) is 0. The summed E-state index contributed by atoms with van der Waals surface area (Å²) >= 11 is 6.08. The van der Waals surface area contributed by atoms with E-state index in [0.29, 0.717) is 49.0 Å². The molecule has 27 heavy (non-hydrogen) atoms. The lowest BCUT2D eigenvalue weighted by atomic mass is 10.1. The molecule has 1 aromatic heterocycles. The van der Waals surface area contributed by atoms with Crippen LogP contribution in [0, 0.1) is 5.82 Å². The summed E-state index contributed by atoms with van der Waals surface area (Å²) in [6.45, 7) is 2.85. The second kappa shape index (κ2) is 8.49. The number of carbonyl (C=O) groups excluding carboxylic acids is 1. The van der Waals surface area contributed by atoms with Crippen LogP contribution in [0.1, 0.15) is 22.5 Å². The van der Waals surface area contributed by atoms with Crippen molar-refractivity contribution in [1.82, 2.24) is 19.6 Å². The second-order valence-corrected chi connectivity index (χ2v) is 6.78. The van der Waals surface area contributed by atoms with Gasteiger partial charge in [0.05, 0.1) is 13.0 Å². The molecule has 1 N–H and O–H groups in total. The van der Waals surface area contributed by atoms with Crippen molar-refractivity contribution in [1.29, 1.82) is 0 Å². The average Bonchev–Trinajstić information content (AvgIpc) is 3.12. The average molecular weight is 395 g/mol. The summed E-state index contributed by atoms with van der Waals surface area (Å²) in [5.74, 6) is -1.43. The van der Waals surface area contributed by atoms with Crippen LogP contribution in [0.4, 0.5) is 4.39 Å². The lowest BCUT2D eigenvalue weighted by Gasteiger charge is -2.34. The molecule has 0 saturated carbocycles. The Morgan fingerprint density at radius 1 is 1.19 bits per heavy atom. The Hall–Kier alpha value is -2.45. The third-order valence-electron chi connectivity index (χ3n) is 4.52. The second-order valence-electron chi connectivity index (χ2n) is 6.38. The molecule has 0 bridgehead atoms. The number of aliphatic carboxylic acids is 1. The number of rotatable bonds is 6. The number of carboxylic acid groups (broad SMARTS) is 1. The van der Waals surface area contributed by atoms with Gasteiger partial charge < -0.3 is 10.0 Å². The van der Waals surface area contributed by atoms with E-state index in [1.165, 1.54) is 10.7 Å². The fourth-order valence-electron chi connectivity index (χ4n) is 2.99. The van der Waals surface area contributed by atoms with E-state index in [0.717, 1.165) is 0 Å². The summed E-state index contributed by atoms with van der Waals surface area (Å²) < 4.78 is 15.4. The maximum atomic E-state index is 13.9. The van der Waals surface area contributed by atoms with Crippen molar-refractivity contribution in [3.05, 3.63) is 52.6 Å². The van der Waals surface area contributed by atoms with Crippen LogP contribution in [0.25, 0.3) is 0 Å². The molecule has 1 amide bonds. The molecular weight excluding hydrogens is 375 g/mol. The number of nitrogens with zero attached hydrogens (tertiary/aromatic N) is 4. The summed E-state index contributed by atoms with van der Waals surface area (Å²) in [4.78, 5) is 26.9. The third-order valence-corrected chi connectivity index (χ3v) is 4.87. The zero-order chi connectivity index (χ0) is 19.4. The molecule has 1 aromatic carbocycles. The third kappa shape index (κ3) is 4.84. The van der Waals surface area contributed by atoms with Crippen LogP contribution in [-0.4, -0.2) is 62.7 Å². The summed E-state index contributed by atoms with van der Waals surface area (Å²) in [5.41, 5.74) is 0.766. The topological polar surface area (TPSA) is 78.7 Å². The molecule has 3 rings (SSSR count). The Morgan fingerprint density at radius 2 is 1.93 bits per heavy atom. The van der Waals surface area contributed by atoms with Crippen LogP contribution in [0.2, 0.25) is 5.02 Å².